The molecule has 0 aliphatic heterocycles. The Balaban J connectivity index is 4.30. The molecule has 0 atom stereocenters. The Kier molecular flexibility index (Phi) is 6.16. The van der Waals surface area contributed by atoms with Crippen LogP contribution in [0.25, 0.3) is 0 Å². The topological polar surface area (TPSA) is 66.8 Å². The Morgan fingerprint density at radius 1 is 1.29 bits per heavy atom. The SMILES string of the molecule is CC(C)N(CCC(=O)O)C(=O)COC(C)(C)C. The number of nitrogens with zero attached hydrogens (tertiary/aromatic N) is 1. The molecule has 0 aromatic heterocycles. The minimum absolute atomic E-state index is 0.0126. The zero-order valence-corrected chi connectivity index (χ0v) is 11.3. The Bertz CT molecular complexity index is 268. The molecule has 1 N–H and O–H groups in total. The van der Waals surface area contributed by atoms with Crippen LogP contribution in [0.2, 0.25) is 0 Å². The summed E-state index contributed by atoms with van der Waals surface area (Å²) in [5, 5.41) is 8.62. The second-order valence-corrected chi connectivity index (χ2v) is 5.23. The predicted molar refractivity (Wildman–Crippen MR) is 64.8 cm³/mol. The summed E-state index contributed by atoms with van der Waals surface area (Å²) in [6.07, 6.45) is -0.0422. The molecule has 0 heterocycles. The van der Waals surface area contributed by atoms with Gasteiger partial charge in [0.25, 0.3) is 0 Å². The number of hydrogen-bond donors (Lipinski definition) is 1. The molecule has 0 saturated carbocycles. The average molecular weight is 245 g/mol. The van der Waals surface area contributed by atoms with Crippen molar-refractivity contribution in [2.24, 2.45) is 0 Å². The van der Waals surface area contributed by atoms with Gasteiger partial charge in [0.2, 0.25) is 5.91 Å². The van der Waals surface area contributed by atoms with Crippen LogP contribution in [0.1, 0.15) is 41.0 Å². The van der Waals surface area contributed by atoms with Gasteiger partial charge in [-0.05, 0) is 34.6 Å². The van der Waals surface area contributed by atoms with E-state index in [0.717, 1.165) is 0 Å². The highest BCUT2D eigenvalue weighted by molar-refractivity contribution is 5.78. The van der Waals surface area contributed by atoms with E-state index in [4.69, 9.17) is 9.84 Å². The van der Waals surface area contributed by atoms with Crippen molar-refractivity contribution in [3.8, 4) is 0 Å². The van der Waals surface area contributed by atoms with E-state index in [-0.39, 0.29) is 37.1 Å². The summed E-state index contributed by atoms with van der Waals surface area (Å²) in [6.45, 7) is 9.54. The molecule has 0 spiro atoms. The minimum atomic E-state index is -0.903. The van der Waals surface area contributed by atoms with Crippen molar-refractivity contribution in [1.29, 1.82) is 0 Å². The van der Waals surface area contributed by atoms with Gasteiger partial charge in [0.15, 0.2) is 0 Å². The highest BCUT2D eigenvalue weighted by Crippen LogP contribution is 2.08. The minimum Gasteiger partial charge on any atom is -0.481 e. The third kappa shape index (κ3) is 7.74. The van der Waals surface area contributed by atoms with Crippen LogP contribution in [-0.2, 0) is 14.3 Å². The summed E-state index contributed by atoms with van der Waals surface area (Å²) in [7, 11) is 0. The van der Waals surface area contributed by atoms with Crippen molar-refractivity contribution < 1.29 is 19.4 Å². The number of hydrogen-bond acceptors (Lipinski definition) is 3. The smallest absolute Gasteiger partial charge is 0.305 e. The molecule has 0 rings (SSSR count). The second kappa shape index (κ2) is 6.59. The highest BCUT2D eigenvalue weighted by Gasteiger charge is 2.20. The summed E-state index contributed by atoms with van der Waals surface area (Å²) >= 11 is 0. The lowest BCUT2D eigenvalue weighted by Crippen LogP contribution is -2.42. The Morgan fingerprint density at radius 2 is 1.82 bits per heavy atom. The standard InChI is InChI=1S/C12H23NO4/c1-9(2)13(7-6-11(15)16)10(14)8-17-12(3,4)5/h9H,6-8H2,1-5H3,(H,15,16). The van der Waals surface area contributed by atoms with E-state index in [1.165, 1.54) is 4.90 Å². The molecular weight excluding hydrogens is 222 g/mol. The number of carbonyl (C=O) groups is 2. The van der Waals surface area contributed by atoms with Gasteiger partial charge >= 0.3 is 5.97 Å². The lowest BCUT2D eigenvalue weighted by atomic mass is 10.2. The van der Waals surface area contributed by atoms with Gasteiger partial charge in [0.05, 0.1) is 12.0 Å². The molecule has 0 unspecified atom stereocenters. The lowest BCUT2D eigenvalue weighted by molar-refractivity contribution is -0.144. The normalized spacial score (nSPS) is 11.6. The molecule has 5 nitrogen and oxygen atoms in total. The molecular formula is C12H23NO4. The van der Waals surface area contributed by atoms with E-state index in [1.807, 2.05) is 34.6 Å². The van der Waals surface area contributed by atoms with Crippen LogP contribution in [0.5, 0.6) is 0 Å². The van der Waals surface area contributed by atoms with Crippen molar-refractivity contribution >= 4 is 11.9 Å². The van der Waals surface area contributed by atoms with Crippen molar-refractivity contribution in [2.75, 3.05) is 13.2 Å². The maximum atomic E-state index is 11.9. The number of carboxylic acids is 1. The summed E-state index contributed by atoms with van der Waals surface area (Å²) in [4.78, 5) is 23.9. The van der Waals surface area contributed by atoms with Gasteiger partial charge in [0, 0.05) is 12.6 Å². The number of carboxylic acid groups (broad SMARTS) is 1. The molecule has 0 aliphatic carbocycles. The first kappa shape index (κ1) is 15.9. The van der Waals surface area contributed by atoms with Crippen molar-refractivity contribution in [2.45, 2.75) is 52.7 Å². The van der Waals surface area contributed by atoms with Gasteiger partial charge in [-0.15, -0.1) is 0 Å². The number of rotatable bonds is 6. The van der Waals surface area contributed by atoms with Gasteiger partial charge < -0.3 is 14.7 Å². The largest absolute Gasteiger partial charge is 0.481 e. The van der Waals surface area contributed by atoms with E-state index in [9.17, 15) is 9.59 Å². The monoisotopic (exact) mass is 245 g/mol. The zero-order valence-electron chi connectivity index (χ0n) is 11.3. The first-order chi connectivity index (χ1) is 7.63. The second-order valence-electron chi connectivity index (χ2n) is 5.23. The first-order valence-corrected chi connectivity index (χ1v) is 5.78. The molecule has 0 aromatic rings. The van der Waals surface area contributed by atoms with Crippen LogP contribution in [-0.4, -0.2) is 46.7 Å². The fourth-order valence-electron chi connectivity index (χ4n) is 1.25. The lowest BCUT2D eigenvalue weighted by Gasteiger charge is -2.28. The molecule has 5 heteroatoms. The Hall–Kier alpha value is -1.10. The molecule has 0 aliphatic rings. The Morgan fingerprint density at radius 3 is 2.18 bits per heavy atom. The van der Waals surface area contributed by atoms with Gasteiger partial charge in [-0.3, -0.25) is 9.59 Å². The van der Waals surface area contributed by atoms with Gasteiger partial charge in [-0.25, -0.2) is 0 Å². The van der Waals surface area contributed by atoms with Crippen molar-refractivity contribution in [3.05, 3.63) is 0 Å². The van der Waals surface area contributed by atoms with E-state index in [1.54, 1.807) is 0 Å². The summed E-state index contributed by atoms with van der Waals surface area (Å²) in [5.74, 6) is -1.07. The number of aliphatic carboxylic acids is 1. The quantitative estimate of drug-likeness (QED) is 0.770. The van der Waals surface area contributed by atoms with E-state index < -0.39 is 5.97 Å². The summed E-state index contributed by atoms with van der Waals surface area (Å²) < 4.78 is 5.39. The van der Waals surface area contributed by atoms with Crippen LogP contribution in [0.3, 0.4) is 0 Å². The Labute approximate surface area is 103 Å². The number of carbonyl (C=O) groups excluding carboxylic acids is 1. The van der Waals surface area contributed by atoms with E-state index in [0.29, 0.717) is 0 Å². The molecule has 0 radical (unpaired) electrons. The molecule has 0 bridgehead atoms. The molecule has 100 valence electrons. The number of ether oxygens (including phenoxy) is 1. The maximum Gasteiger partial charge on any atom is 0.305 e. The molecule has 0 saturated heterocycles. The molecule has 0 fully saturated rings. The third-order valence-corrected chi connectivity index (χ3v) is 2.14. The molecule has 1 amide bonds. The van der Waals surface area contributed by atoms with Crippen LogP contribution in [0.15, 0.2) is 0 Å². The van der Waals surface area contributed by atoms with E-state index in [2.05, 4.69) is 0 Å². The maximum absolute atomic E-state index is 11.9. The van der Waals surface area contributed by atoms with Crippen molar-refractivity contribution in [3.63, 3.8) is 0 Å². The fraction of sp³-hybridized carbons (Fsp3) is 0.833. The van der Waals surface area contributed by atoms with Gasteiger partial charge in [-0.2, -0.15) is 0 Å². The average Bonchev–Trinajstić information content (AvgIpc) is 2.12. The molecule has 17 heavy (non-hydrogen) atoms. The molecule has 0 aromatic carbocycles. The van der Waals surface area contributed by atoms with Crippen molar-refractivity contribution in [1.82, 2.24) is 4.90 Å². The summed E-state index contributed by atoms with van der Waals surface area (Å²) in [5.41, 5.74) is -0.370. The first-order valence-electron chi connectivity index (χ1n) is 5.78. The van der Waals surface area contributed by atoms with Gasteiger partial charge in [0.1, 0.15) is 6.61 Å². The van der Waals surface area contributed by atoms with Gasteiger partial charge in [-0.1, -0.05) is 0 Å². The number of amides is 1. The van der Waals surface area contributed by atoms with Crippen LogP contribution >= 0.6 is 0 Å². The summed E-state index contributed by atoms with van der Waals surface area (Å²) in [6, 6.07) is -0.0228. The van der Waals surface area contributed by atoms with Crippen LogP contribution in [0, 0.1) is 0 Å². The zero-order chi connectivity index (χ0) is 13.6. The van der Waals surface area contributed by atoms with E-state index >= 15 is 0 Å². The fourth-order valence-corrected chi connectivity index (χ4v) is 1.25. The van der Waals surface area contributed by atoms with Crippen LogP contribution < -0.4 is 0 Å². The van der Waals surface area contributed by atoms with Crippen LogP contribution in [0.4, 0.5) is 0 Å². The predicted octanol–water partition coefficient (Wildman–Crippen LogP) is 1.51. The highest BCUT2D eigenvalue weighted by atomic mass is 16.5. The third-order valence-electron chi connectivity index (χ3n) is 2.14.